The highest BCUT2D eigenvalue weighted by atomic mass is 79.9. The monoisotopic (exact) mass is 343 g/mol. The zero-order valence-electron chi connectivity index (χ0n) is 11.2. The third-order valence-corrected chi connectivity index (χ3v) is 4.24. The Morgan fingerprint density at radius 2 is 2.30 bits per heavy atom. The Morgan fingerprint density at radius 1 is 1.45 bits per heavy atom. The van der Waals surface area contributed by atoms with Crippen LogP contribution >= 0.6 is 15.9 Å². The molecule has 1 unspecified atom stereocenters. The standard InChI is InChI=1S/C14H18BrNO4/c15-13-12(3-5-20-13)14(17)16-4-6-19-11(7-16)9-18-8-10-1-2-10/h3,5,10-11H,1-2,4,6-9H2. The van der Waals surface area contributed by atoms with Gasteiger partial charge >= 0.3 is 0 Å². The van der Waals surface area contributed by atoms with Gasteiger partial charge in [0.1, 0.15) is 0 Å². The van der Waals surface area contributed by atoms with Gasteiger partial charge in [-0.3, -0.25) is 4.79 Å². The molecule has 0 radical (unpaired) electrons. The van der Waals surface area contributed by atoms with Gasteiger partial charge in [0.05, 0.1) is 31.1 Å². The molecule has 1 aliphatic heterocycles. The molecule has 20 heavy (non-hydrogen) atoms. The molecule has 1 amide bonds. The second-order valence-corrected chi connectivity index (χ2v) is 6.05. The molecule has 0 N–H and O–H groups in total. The minimum Gasteiger partial charge on any atom is -0.457 e. The molecule has 1 saturated carbocycles. The molecule has 0 spiro atoms. The van der Waals surface area contributed by atoms with Gasteiger partial charge in [0, 0.05) is 19.7 Å². The molecule has 1 aromatic rings. The lowest BCUT2D eigenvalue weighted by atomic mass is 10.2. The van der Waals surface area contributed by atoms with Gasteiger partial charge in [-0.2, -0.15) is 0 Å². The summed E-state index contributed by atoms with van der Waals surface area (Å²) in [5, 5.41) is 0. The number of amides is 1. The van der Waals surface area contributed by atoms with Crippen LogP contribution in [-0.4, -0.2) is 49.8 Å². The number of rotatable bonds is 5. The molecule has 3 rings (SSSR count). The number of carbonyl (C=O) groups excluding carboxylic acids is 1. The number of nitrogens with zero attached hydrogens (tertiary/aromatic N) is 1. The Bertz CT molecular complexity index is 471. The number of carbonyl (C=O) groups is 1. The molecule has 0 aromatic carbocycles. The van der Waals surface area contributed by atoms with E-state index >= 15 is 0 Å². The molecule has 110 valence electrons. The van der Waals surface area contributed by atoms with Crippen molar-refractivity contribution in [3.8, 4) is 0 Å². The smallest absolute Gasteiger partial charge is 0.258 e. The first kappa shape index (κ1) is 14.1. The van der Waals surface area contributed by atoms with Crippen LogP contribution in [-0.2, 0) is 9.47 Å². The fourth-order valence-electron chi connectivity index (χ4n) is 2.27. The Kier molecular flexibility index (Phi) is 4.43. The summed E-state index contributed by atoms with van der Waals surface area (Å²) < 4.78 is 16.9. The van der Waals surface area contributed by atoms with Crippen molar-refractivity contribution < 1.29 is 18.7 Å². The van der Waals surface area contributed by atoms with Gasteiger partial charge in [-0.15, -0.1) is 0 Å². The zero-order chi connectivity index (χ0) is 13.9. The second-order valence-electron chi connectivity index (χ2n) is 5.33. The molecule has 0 bridgehead atoms. The Morgan fingerprint density at radius 3 is 3.00 bits per heavy atom. The van der Waals surface area contributed by atoms with Gasteiger partial charge in [-0.05, 0) is 40.8 Å². The maximum absolute atomic E-state index is 12.4. The number of morpholine rings is 1. The first-order valence-electron chi connectivity index (χ1n) is 6.95. The van der Waals surface area contributed by atoms with Gasteiger partial charge < -0.3 is 18.8 Å². The zero-order valence-corrected chi connectivity index (χ0v) is 12.8. The fraction of sp³-hybridized carbons (Fsp3) is 0.643. The van der Waals surface area contributed by atoms with E-state index < -0.39 is 0 Å². The van der Waals surface area contributed by atoms with Crippen LogP contribution < -0.4 is 0 Å². The molecule has 2 heterocycles. The van der Waals surface area contributed by atoms with E-state index in [-0.39, 0.29) is 12.0 Å². The summed E-state index contributed by atoms with van der Waals surface area (Å²) in [7, 11) is 0. The summed E-state index contributed by atoms with van der Waals surface area (Å²) in [5.74, 6) is 0.722. The number of hydrogen-bond donors (Lipinski definition) is 0. The van der Waals surface area contributed by atoms with Crippen LogP contribution in [0.4, 0.5) is 0 Å². The van der Waals surface area contributed by atoms with E-state index in [0.29, 0.717) is 36.5 Å². The molecule has 6 heteroatoms. The van der Waals surface area contributed by atoms with Gasteiger partial charge in [0.15, 0.2) is 4.67 Å². The van der Waals surface area contributed by atoms with Crippen LogP contribution in [0.15, 0.2) is 21.4 Å². The number of halogens is 1. The highest BCUT2D eigenvalue weighted by molar-refractivity contribution is 9.10. The molecule has 2 aliphatic rings. The van der Waals surface area contributed by atoms with Crippen LogP contribution in [0.5, 0.6) is 0 Å². The van der Waals surface area contributed by atoms with E-state index in [9.17, 15) is 4.79 Å². The van der Waals surface area contributed by atoms with Crippen LogP contribution in [0.25, 0.3) is 0 Å². The summed E-state index contributed by atoms with van der Waals surface area (Å²) in [5.41, 5.74) is 0.560. The van der Waals surface area contributed by atoms with E-state index in [2.05, 4.69) is 15.9 Å². The van der Waals surface area contributed by atoms with Crippen LogP contribution in [0.2, 0.25) is 0 Å². The van der Waals surface area contributed by atoms with Gasteiger partial charge in [0.2, 0.25) is 0 Å². The van der Waals surface area contributed by atoms with Crippen molar-refractivity contribution in [2.45, 2.75) is 18.9 Å². The van der Waals surface area contributed by atoms with Crippen LogP contribution in [0, 0.1) is 5.92 Å². The number of hydrogen-bond acceptors (Lipinski definition) is 4. The fourth-order valence-corrected chi connectivity index (χ4v) is 2.68. The molecule has 1 aromatic heterocycles. The number of furan rings is 1. The predicted octanol–water partition coefficient (Wildman–Crippen LogP) is 2.31. The lowest BCUT2D eigenvalue weighted by Crippen LogP contribution is -2.47. The van der Waals surface area contributed by atoms with Crippen molar-refractivity contribution in [1.82, 2.24) is 4.90 Å². The summed E-state index contributed by atoms with van der Waals surface area (Å²) >= 11 is 3.24. The van der Waals surface area contributed by atoms with Gasteiger partial charge in [-0.25, -0.2) is 0 Å². The minimum absolute atomic E-state index is 0.0267. The molecule has 5 nitrogen and oxygen atoms in total. The average molecular weight is 344 g/mol. The van der Waals surface area contributed by atoms with Crippen molar-refractivity contribution in [2.75, 3.05) is 32.9 Å². The van der Waals surface area contributed by atoms with Crippen molar-refractivity contribution in [3.63, 3.8) is 0 Å². The first-order valence-corrected chi connectivity index (χ1v) is 7.75. The van der Waals surface area contributed by atoms with Crippen molar-refractivity contribution >= 4 is 21.8 Å². The Balaban J connectivity index is 1.51. The van der Waals surface area contributed by atoms with E-state index in [4.69, 9.17) is 13.9 Å². The minimum atomic E-state index is -0.0304. The normalized spacial score (nSPS) is 23.1. The van der Waals surface area contributed by atoms with E-state index in [1.807, 2.05) is 0 Å². The molecule has 1 saturated heterocycles. The van der Waals surface area contributed by atoms with Crippen molar-refractivity contribution in [2.24, 2.45) is 5.92 Å². The quantitative estimate of drug-likeness (QED) is 0.823. The number of ether oxygens (including phenoxy) is 2. The Labute approximate surface area is 126 Å². The molecule has 2 fully saturated rings. The highest BCUT2D eigenvalue weighted by Gasteiger charge is 2.28. The summed E-state index contributed by atoms with van der Waals surface area (Å²) in [6.07, 6.45) is 4.04. The van der Waals surface area contributed by atoms with Gasteiger partial charge in [0.25, 0.3) is 5.91 Å². The van der Waals surface area contributed by atoms with Crippen molar-refractivity contribution in [3.05, 3.63) is 22.6 Å². The summed E-state index contributed by atoms with van der Waals surface area (Å²) in [6.45, 7) is 3.11. The summed E-state index contributed by atoms with van der Waals surface area (Å²) in [6, 6.07) is 1.68. The average Bonchev–Trinajstić information content (AvgIpc) is 3.18. The third-order valence-electron chi connectivity index (χ3n) is 3.63. The molecular weight excluding hydrogens is 326 g/mol. The SMILES string of the molecule is O=C(c1ccoc1Br)N1CCOC(COCC2CC2)C1. The van der Waals surface area contributed by atoms with Crippen molar-refractivity contribution in [1.29, 1.82) is 0 Å². The molecule has 1 atom stereocenters. The Hall–Kier alpha value is -0.850. The van der Waals surface area contributed by atoms with E-state index in [1.165, 1.54) is 19.1 Å². The largest absolute Gasteiger partial charge is 0.457 e. The third kappa shape index (κ3) is 3.42. The maximum atomic E-state index is 12.4. The lowest BCUT2D eigenvalue weighted by molar-refractivity contribution is -0.0629. The lowest BCUT2D eigenvalue weighted by Gasteiger charge is -2.32. The highest BCUT2D eigenvalue weighted by Crippen LogP contribution is 2.29. The topological polar surface area (TPSA) is 51.9 Å². The summed E-state index contributed by atoms with van der Waals surface area (Å²) in [4.78, 5) is 14.2. The van der Waals surface area contributed by atoms with Crippen LogP contribution in [0.3, 0.4) is 0 Å². The van der Waals surface area contributed by atoms with Gasteiger partial charge in [-0.1, -0.05) is 0 Å². The molecular formula is C14H18BrNO4. The molecule has 1 aliphatic carbocycles. The second kappa shape index (κ2) is 6.28. The van der Waals surface area contributed by atoms with E-state index in [1.54, 1.807) is 11.0 Å². The first-order chi connectivity index (χ1) is 9.74. The predicted molar refractivity (Wildman–Crippen MR) is 75.6 cm³/mol. The van der Waals surface area contributed by atoms with E-state index in [0.717, 1.165) is 12.5 Å². The van der Waals surface area contributed by atoms with Crippen LogP contribution in [0.1, 0.15) is 23.2 Å². The maximum Gasteiger partial charge on any atom is 0.258 e.